The maximum Gasteiger partial charge on any atom is 0.255 e. The van der Waals surface area contributed by atoms with Gasteiger partial charge in [0, 0.05) is 17.4 Å². The summed E-state index contributed by atoms with van der Waals surface area (Å²) in [7, 11) is 0. The van der Waals surface area contributed by atoms with Crippen LogP contribution in [-0.2, 0) is 0 Å². The molecule has 0 spiro atoms. The zero-order valence-electron chi connectivity index (χ0n) is 11.6. The Morgan fingerprint density at radius 2 is 2.00 bits per heavy atom. The number of carbonyl (C=O) groups excluding carboxylic acids is 1. The second kappa shape index (κ2) is 6.98. The Labute approximate surface area is 117 Å². The Bertz CT molecular complexity index is 412. The third kappa shape index (κ3) is 3.61. The Morgan fingerprint density at radius 3 is 2.44 bits per heavy atom. The van der Waals surface area contributed by atoms with Crippen molar-refractivity contribution in [1.82, 2.24) is 5.32 Å². The lowest BCUT2D eigenvalue weighted by atomic mass is 10.0. The van der Waals surface area contributed by atoms with Crippen molar-refractivity contribution in [2.75, 3.05) is 11.9 Å². The normalized spacial score (nSPS) is 12.5. The average Bonchev–Trinajstić information content (AvgIpc) is 2.58. The highest BCUT2D eigenvalue weighted by molar-refractivity contribution is 9.09. The molecule has 0 radical (unpaired) electrons. The molecule has 0 bridgehead atoms. The molecule has 0 aliphatic rings. The van der Waals surface area contributed by atoms with Gasteiger partial charge in [-0.15, -0.1) is 0 Å². The van der Waals surface area contributed by atoms with E-state index in [1.54, 1.807) is 0 Å². The lowest BCUT2D eigenvalue weighted by molar-refractivity contribution is 0.0944. The summed E-state index contributed by atoms with van der Waals surface area (Å²) in [6.07, 6.45) is 2.16. The zero-order valence-corrected chi connectivity index (χ0v) is 13.2. The monoisotopic (exact) mass is 315 g/mol. The first-order chi connectivity index (χ1) is 8.51. The summed E-state index contributed by atoms with van der Waals surface area (Å²) in [6, 6.07) is 0. The molecule has 18 heavy (non-hydrogen) atoms. The number of furan rings is 1. The molecule has 1 amide bonds. The first kappa shape index (κ1) is 15.3. The lowest BCUT2D eigenvalue weighted by Crippen LogP contribution is -2.30. The van der Waals surface area contributed by atoms with Crippen LogP contribution in [0.5, 0.6) is 0 Å². The summed E-state index contributed by atoms with van der Waals surface area (Å²) < 4.78 is 5.48. The molecule has 1 rings (SSSR count). The van der Waals surface area contributed by atoms with Crippen LogP contribution in [0.1, 0.15) is 47.2 Å². The van der Waals surface area contributed by atoms with E-state index in [1.165, 1.54) is 0 Å². The topological polar surface area (TPSA) is 42.2 Å². The van der Waals surface area contributed by atoms with E-state index >= 15 is 0 Å². The number of halogens is 1. The molecule has 4 heteroatoms. The predicted molar refractivity (Wildman–Crippen MR) is 77.4 cm³/mol. The third-order valence-corrected chi connectivity index (χ3v) is 3.89. The van der Waals surface area contributed by atoms with Gasteiger partial charge >= 0.3 is 0 Å². The Morgan fingerprint density at radius 1 is 1.33 bits per heavy atom. The van der Waals surface area contributed by atoms with Crippen LogP contribution in [0.25, 0.3) is 0 Å². The molecule has 1 atom stereocenters. The Balaban J connectivity index is 2.65. The highest BCUT2D eigenvalue weighted by Crippen LogP contribution is 2.20. The zero-order chi connectivity index (χ0) is 13.7. The van der Waals surface area contributed by atoms with E-state index in [-0.39, 0.29) is 5.91 Å². The van der Waals surface area contributed by atoms with Crippen LogP contribution in [0.15, 0.2) is 4.42 Å². The minimum absolute atomic E-state index is 0.0186. The number of amides is 1. The van der Waals surface area contributed by atoms with Crippen molar-refractivity contribution in [3.8, 4) is 0 Å². The van der Waals surface area contributed by atoms with Crippen molar-refractivity contribution in [1.29, 1.82) is 0 Å². The number of rotatable bonds is 6. The highest BCUT2D eigenvalue weighted by Gasteiger charge is 2.18. The van der Waals surface area contributed by atoms with Crippen LogP contribution in [0.3, 0.4) is 0 Å². The third-order valence-electron chi connectivity index (χ3n) is 3.43. The predicted octanol–water partition coefficient (Wildman–Crippen LogP) is 3.75. The smallest absolute Gasteiger partial charge is 0.255 e. The fourth-order valence-corrected chi connectivity index (χ4v) is 2.71. The molecule has 0 fully saturated rings. The van der Waals surface area contributed by atoms with Crippen LogP contribution in [0.4, 0.5) is 0 Å². The van der Waals surface area contributed by atoms with Gasteiger partial charge in [0.25, 0.3) is 5.91 Å². The maximum atomic E-state index is 12.1. The molecule has 0 saturated heterocycles. The summed E-state index contributed by atoms with van der Waals surface area (Å²) in [5, 5.41) is 3.99. The van der Waals surface area contributed by atoms with Crippen molar-refractivity contribution in [2.45, 2.75) is 40.5 Å². The van der Waals surface area contributed by atoms with Gasteiger partial charge in [-0.1, -0.05) is 29.3 Å². The fourth-order valence-electron chi connectivity index (χ4n) is 2.06. The van der Waals surface area contributed by atoms with Gasteiger partial charge in [0.05, 0.1) is 5.56 Å². The number of alkyl halides is 1. The van der Waals surface area contributed by atoms with Gasteiger partial charge in [-0.05, 0) is 33.1 Å². The van der Waals surface area contributed by atoms with Crippen molar-refractivity contribution in [2.24, 2.45) is 5.92 Å². The van der Waals surface area contributed by atoms with Crippen molar-refractivity contribution < 1.29 is 9.21 Å². The van der Waals surface area contributed by atoms with E-state index in [9.17, 15) is 4.79 Å². The van der Waals surface area contributed by atoms with Gasteiger partial charge in [-0.25, -0.2) is 0 Å². The van der Waals surface area contributed by atoms with E-state index in [0.717, 1.165) is 36.0 Å². The number of aryl methyl sites for hydroxylation is 2. The van der Waals surface area contributed by atoms with Gasteiger partial charge in [-0.2, -0.15) is 0 Å². The first-order valence-corrected chi connectivity index (χ1v) is 7.54. The van der Waals surface area contributed by atoms with E-state index in [4.69, 9.17) is 4.42 Å². The van der Waals surface area contributed by atoms with Crippen molar-refractivity contribution in [3.05, 3.63) is 22.6 Å². The van der Waals surface area contributed by atoms with Gasteiger partial charge in [0.2, 0.25) is 0 Å². The summed E-state index contributed by atoms with van der Waals surface area (Å²) in [5.74, 6) is 2.04. The Kier molecular flexibility index (Phi) is 5.93. The number of hydrogen-bond donors (Lipinski definition) is 1. The van der Waals surface area contributed by atoms with Crippen molar-refractivity contribution in [3.63, 3.8) is 0 Å². The highest BCUT2D eigenvalue weighted by atomic mass is 79.9. The molecule has 3 nitrogen and oxygen atoms in total. The minimum atomic E-state index is -0.0186. The van der Waals surface area contributed by atoms with Gasteiger partial charge in [0.15, 0.2) is 0 Å². The number of nitrogens with one attached hydrogen (secondary N) is 1. The SMILES string of the molecule is CCC(CCBr)CNC(=O)c1c(C)oc(C)c1C. The Hall–Kier alpha value is -0.770. The largest absolute Gasteiger partial charge is 0.466 e. The summed E-state index contributed by atoms with van der Waals surface area (Å²) in [5.41, 5.74) is 1.64. The van der Waals surface area contributed by atoms with Crippen LogP contribution in [-0.4, -0.2) is 17.8 Å². The van der Waals surface area contributed by atoms with Gasteiger partial charge in [-0.3, -0.25) is 4.79 Å². The molecule has 1 unspecified atom stereocenters. The molecule has 0 aliphatic heterocycles. The van der Waals surface area contributed by atoms with Crippen LogP contribution in [0, 0.1) is 26.7 Å². The first-order valence-electron chi connectivity index (χ1n) is 6.42. The maximum absolute atomic E-state index is 12.1. The van der Waals surface area contributed by atoms with E-state index in [2.05, 4.69) is 28.2 Å². The fraction of sp³-hybridized carbons (Fsp3) is 0.643. The molecule has 0 saturated carbocycles. The van der Waals surface area contributed by atoms with Gasteiger partial charge in [0.1, 0.15) is 11.5 Å². The van der Waals surface area contributed by atoms with Gasteiger partial charge < -0.3 is 9.73 Å². The summed E-state index contributed by atoms with van der Waals surface area (Å²) in [4.78, 5) is 12.1. The van der Waals surface area contributed by atoms with E-state index < -0.39 is 0 Å². The molecule has 102 valence electrons. The minimum Gasteiger partial charge on any atom is -0.466 e. The number of hydrogen-bond acceptors (Lipinski definition) is 2. The van der Waals surface area contributed by atoms with Crippen molar-refractivity contribution >= 4 is 21.8 Å². The second-order valence-corrected chi connectivity index (χ2v) is 5.47. The van der Waals surface area contributed by atoms with Crippen LogP contribution < -0.4 is 5.32 Å². The standard InChI is InChI=1S/C14H22BrNO2/c1-5-12(6-7-15)8-16-14(17)13-9(2)10(3)18-11(13)4/h12H,5-8H2,1-4H3,(H,16,17). The molecule has 0 aliphatic carbocycles. The second-order valence-electron chi connectivity index (χ2n) is 4.68. The van der Waals surface area contributed by atoms with Crippen LogP contribution in [0.2, 0.25) is 0 Å². The molecule has 1 heterocycles. The molecule has 1 aromatic rings. The molecular formula is C14H22BrNO2. The quantitative estimate of drug-likeness (QED) is 0.812. The molecular weight excluding hydrogens is 294 g/mol. The molecule has 1 aromatic heterocycles. The van der Waals surface area contributed by atoms with E-state index in [0.29, 0.717) is 17.2 Å². The van der Waals surface area contributed by atoms with E-state index in [1.807, 2.05) is 20.8 Å². The summed E-state index contributed by atoms with van der Waals surface area (Å²) >= 11 is 3.44. The lowest BCUT2D eigenvalue weighted by Gasteiger charge is -2.14. The van der Waals surface area contributed by atoms with Crippen LogP contribution >= 0.6 is 15.9 Å². The molecule has 0 aromatic carbocycles. The average molecular weight is 316 g/mol. The molecule has 1 N–H and O–H groups in total. The number of carbonyl (C=O) groups is 1. The summed E-state index contributed by atoms with van der Waals surface area (Å²) in [6.45, 7) is 8.53.